The minimum absolute atomic E-state index is 0.0294. The van der Waals surface area contributed by atoms with Crippen molar-refractivity contribution in [1.82, 2.24) is 10.6 Å². The van der Waals surface area contributed by atoms with Gasteiger partial charge in [0.15, 0.2) is 0 Å². The number of aliphatic hydroxyl groups excluding tert-OH is 1. The largest absolute Gasteiger partial charge is 0.390 e. The first-order valence-electron chi connectivity index (χ1n) is 6.48. The lowest BCUT2D eigenvalue weighted by molar-refractivity contribution is -0.125. The van der Waals surface area contributed by atoms with E-state index in [2.05, 4.69) is 5.32 Å². The summed E-state index contributed by atoms with van der Waals surface area (Å²) in [7, 11) is 0. The summed E-state index contributed by atoms with van der Waals surface area (Å²) in [4.78, 5) is 22.8. The SMILES string of the molecule is O=C(CCNC(=O)C1CCCC1)NCC(F)(F)CO. The van der Waals surface area contributed by atoms with Crippen LogP contribution in [0.5, 0.6) is 0 Å². The highest BCUT2D eigenvalue weighted by molar-refractivity contribution is 5.80. The molecule has 2 amide bonds. The van der Waals surface area contributed by atoms with Crippen LogP contribution >= 0.6 is 0 Å². The van der Waals surface area contributed by atoms with Gasteiger partial charge in [-0.05, 0) is 12.8 Å². The van der Waals surface area contributed by atoms with Gasteiger partial charge < -0.3 is 15.7 Å². The van der Waals surface area contributed by atoms with Crippen LogP contribution in [0.15, 0.2) is 0 Å². The lowest BCUT2D eigenvalue weighted by atomic mass is 10.1. The van der Waals surface area contributed by atoms with Gasteiger partial charge in [0.05, 0.1) is 6.54 Å². The molecule has 0 spiro atoms. The summed E-state index contributed by atoms with van der Waals surface area (Å²) in [6.45, 7) is -2.05. The van der Waals surface area contributed by atoms with Crippen LogP contribution in [0, 0.1) is 5.92 Å². The number of aliphatic hydroxyl groups is 1. The standard InChI is InChI=1S/C12H20F2N2O3/c13-12(14,8-17)7-16-10(18)5-6-15-11(19)9-3-1-2-4-9/h9,17H,1-8H2,(H,15,19)(H,16,18). The highest BCUT2D eigenvalue weighted by atomic mass is 19.3. The van der Waals surface area contributed by atoms with Gasteiger partial charge in [0.1, 0.15) is 6.61 Å². The van der Waals surface area contributed by atoms with E-state index in [9.17, 15) is 18.4 Å². The van der Waals surface area contributed by atoms with Crippen molar-refractivity contribution in [1.29, 1.82) is 0 Å². The lowest BCUT2D eigenvalue weighted by Gasteiger charge is -2.14. The number of nitrogens with one attached hydrogen (secondary N) is 2. The third-order valence-corrected chi connectivity index (χ3v) is 3.15. The van der Waals surface area contributed by atoms with Crippen LogP contribution in [0.2, 0.25) is 0 Å². The summed E-state index contributed by atoms with van der Waals surface area (Å²) < 4.78 is 25.3. The van der Waals surface area contributed by atoms with Crippen molar-refractivity contribution >= 4 is 11.8 Å². The molecule has 3 N–H and O–H groups in total. The van der Waals surface area contributed by atoms with Gasteiger partial charge in [0.2, 0.25) is 11.8 Å². The van der Waals surface area contributed by atoms with Crippen molar-refractivity contribution < 1.29 is 23.5 Å². The van der Waals surface area contributed by atoms with Crippen LogP contribution in [0.1, 0.15) is 32.1 Å². The molecule has 1 aliphatic carbocycles. The zero-order valence-corrected chi connectivity index (χ0v) is 10.8. The Bertz CT molecular complexity index is 318. The van der Waals surface area contributed by atoms with E-state index in [0.717, 1.165) is 25.7 Å². The van der Waals surface area contributed by atoms with E-state index in [0.29, 0.717) is 0 Å². The Morgan fingerprint density at radius 1 is 1.21 bits per heavy atom. The summed E-state index contributed by atoms with van der Waals surface area (Å²) in [6.07, 6.45) is 3.81. The molecule has 1 saturated carbocycles. The third kappa shape index (κ3) is 5.96. The maximum absolute atomic E-state index is 12.6. The molecule has 110 valence electrons. The predicted molar refractivity (Wildman–Crippen MR) is 64.6 cm³/mol. The second-order valence-electron chi connectivity index (χ2n) is 4.81. The Morgan fingerprint density at radius 2 is 1.84 bits per heavy atom. The topological polar surface area (TPSA) is 78.4 Å². The maximum atomic E-state index is 12.6. The molecule has 1 fully saturated rings. The predicted octanol–water partition coefficient (Wildman–Crippen LogP) is 0.427. The first-order chi connectivity index (χ1) is 8.94. The van der Waals surface area contributed by atoms with Crippen molar-refractivity contribution in [2.75, 3.05) is 19.7 Å². The Balaban J connectivity index is 2.11. The molecule has 1 aliphatic rings. The van der Waals surface area contributed by atoms with Gasteiger partial charge in [-0.2, -0.15) is 0 Å². The summed E-state index contributed by atoms with van der Waals surface area (Å²) >= 11 is 0. The smallest absolute Gasteiger partial charge is 0.287 e. The fourth-order valence-electron chi connectivity index (χ4n) is 2.00. The quantitative estimate of drug-likeness (QED) is 0.632. The monoisotopic (exact) mass is 278 g/mol. The van der Waals surface area contributed by atoms with Crippen LogP contribution in [0.25, 0.3) is 0 Å². The second-order valence-corrected chi connectivity index (χ2v) is 4.81. The summed E-state index contributed by atoms with van der Waals surface area (Å²) in [5.74, 6) is -3.91. The van der Waals surface area contributed by atoms with E-state index in [-0.39, 0.29) is 24.8 Å². The van der Waals surface area contributed by atoms with E-state index in [1.807, 2.05) is 5.32 Å². The summed E-state index contributed by atoms with van der Waals surface area (Å²) in [5.41, 5.74) is 0. The molecule has 0 unspecified atom stereocenters. The van der Waals surface area contributed by atoms with Crippen LogP contribution in [-0.4, -0.2) is 42.5 Å². The third-order valence-electron chi connectivity index (χ3n) is 3.15. The number of carbonyl (C=O) groups excluding carboxylic acids is 2. The number of amides is 2. The first kappa shape index (κ1) is 15.8. The molecule has 0 heterocycles. The van der Waals surface area contributed by atoms with E-state index in [4.69, 9.17) is 5.11 Å². The molecule has 7 heteroatoms. The van der Waals surface area contributed by atoms with Crippen molar-refractivity contribution in [2.45, 2.75) is 38.0 Å². The van der Waals surface area contributed by atoms with Crippen LogP contribution in [-0.2, 0) is 9.59 Å². The Hall–Kier alpha value is -1.24. The van der Waals surface area contributed by atoms with Gasteiger partial charge in [-0.15, -0.1) is 0 Å². The average Bonchev–Trinajstić information content (AvgIpc) is 2.90. The molecule has 5 nitrogen and oxygen atoms in total. The number of rotatable bonds is 7. The summed E-state index contributed by atoms with van der Waals surface area (Å²) in [6, 6.07) is 0. The van der Waals surface area contributed by atoms with Gasteiger partial charge in [-0.1, -0.05) is 12.8 Å². The Morgan fingerprint density at radius 3 is 2.42 bits per heavy atom. The number of halogens is 2. The van der Waals surface area contributed by atoms with E-state index in [1.165, 1.54) is 0 Å². The number of carbonyl (C=O) groups is 2. The maximum Gasteiger partial charge on any atom is 0.287 e. The van der Waals surface area contributed by atoms with Crippen molar-refractivity contribution in [3.05, 3.63) is 0 Å². The van der Waals surface area contributed by atoms with Crippen molar-refractivity contribution in [3.8, 4) is 0 Å². The van der Waals surface area contributed by atoms with Gasteiger partial charge in [0, 0.05) is 18.9 Å². The highest BCUT2D eigenvalue weighted by Crippen LogP contribution is 2.24. The number of hydrogen-bond acceptors (Lipinski definition) is 3. The molecule has 19 heavy (non-hydrogen) atoms. The molecule has 0 aromatic rings. The van der Waals surface area contributed by atoms with Crippen LogP contribution in [0.3, 0.4) is 0 Å². The molecule has 0 saturated heterocycles. The lowest BCUT2D eigenvalue weighted by Crippen LogP contribution is -2.40. The Kier molecular flexibility index (Phi) is 6.14. The molecule has 0 radical (unpaired) electrons. The van der Waals surface area contributed by atoms with Gasteiger partial charge >= 0.3 is 0 Å². The van der Waals surface area contributed by atoms with Crippen LogP contribution < -0.4 is 10.6 Å². The zero-order valence-electron chi connectivity index (χ0n) is 10.8. The molecule has 0 aromatic carbocycles. The van der Waals surface area contributed by atoms with Crippen LogP contribution in [0.4, 0.5) is 8.78 Å². The molecular formula is C12H20F2N2O3. The molecule has 1 rings (SSSR count). The normalized spacial score (nSPS) is 16.4. The zero-order chi connectivity index (χ0) is 14.3. The van der Waals surface area contributed by atoms with E-state index < -0.39 is 25.0 Å². The van der Waals surface area contributed by atoms with E-state index >= 15 is 0 Å². The van der Waals surface area contributed by atoms with Crippen molar-refractivity contribution in [2.24, 2.45) is 5.92 Å². The molecular weight excluding hydrogens is 258 g/mol. The summed E-state index contributed by atoms with van der Waals surface area (Å²) in [5, 5.41) is 13.0. The number of alkyl halides is 2. The van der Waals surface area contributed by atoms with Gasteiger partial charge in [0.25, 0.3) is 5.92 Å². The Labute approximate surface area is 110 Å². The fraction of sp³-hybridized carbons (Fsp3) is 0.833. The highest BCUT2D eigenvalue weighted by Gasteiger charge is 2.28. The second kappa shape index (κ2) is 7.37. The number of hydrogen-bond donors (Lipinski definition) is 3. The van der Waals surface area contributed by atoms with Crippen molar-refractivity contribution in [3.63, 3.8) is 0 Å². The molecule has 0 aromatic heterocycles. The van der Waals surface area contributed by atoms with Gasteiger partial charge in [-0.3, -0.25) is 9.59 Å². The van der Waals surface area contributed by atoms with E-state index in [1.54, 1.807) is 0 Å². The molecule has 0 atom stereocenters. The minimum Gasteiger partial charge on any atom is -0.390 e. The molecule has 0 aliphatic heterocycles. The fourth-order valence-corrected chi connectivity index (χ4v) is 2.00. The molecule has 0 bridgehead atoms. The first-order valence-corrected chi connectivity index (χ1v) is 6.48. The van der Waals surface area contributed by atoms with Gasteiger partial charge in [-0.25, -0.2) is 8.78 Å². The minimum atomic E-state index is -3.30. The average molecular weight is 278 g/mol.